The molecule has 0 aromatic carbocycles. The van der Waals surface area contributed by atoms with Gasteiger partial charge in [-0.1, -0.05) is 0 Å². The lowest BCUT2D eigenvalue weighted by atomic mass is 10.1. The van der Waals surface area contributed by atoms with Crippen LogP contribution in [0.4, 0.5) is 9.80 Å². The maximum atomic E-state index is 12.2. The van der Waals surface area contributed by atoms with Crippen molar-refractivity contribution in [1.29, 1.82) is 0 Å². The third-order valence-electron chi connectivity index (χ3n) is 3.50. The Morgan fingerprint density at radius 2 is 2.23 bits per heavy atom. The Morgan fingerprint density at radius 3 is 2.82 bits per heavy atom. The molecule has 1 aliphatic heterocycles. The fourth-order valence-electron chi connectivity index (χ4n) is 2.32. The van der Waals surface area contributed by atoms with Crippen molar-refractivity contribution in [3.63, 3.8) is 0 Å². The summed E-state index contributed by atoms with van der Waals surface area (Å²) in [7, 11) is 0. The number of rotatable bonds is 4. The number of ether oxygens (including phenoxy) is 1. The molecule has 2 heterocycles. The van der Waals surface area contributed by atoms with Crippen LogP contribution in [-0.2, 0) is 9.53 Å². The normalized spacial score (nSPS) is 17.4. The Labute approximate surface area is 131 Å². The summed E-state index contributed by atoms with van der Waals surface area (Å²) in [5.74, 6) is -1.89. The zero-order valence-electron chi connectivity index (χ0n) is 12.4. The van der Waals surface area contributed by atoms with Gasteiger partial charge in [0.05, 0.1) is 18.1 Å². The van der Waals surface area contributed by atoms with E-state index in [0.717, 1.165) is 5.56 Å². The van der Waals surface area contributed by atoms with Crippen LogP contribution in [0, 0.1) is 12.8 Å². The number of carbonyl (C=O) groups excluding carboxylic acids is 2. The van der Waals surface area contributed by atoms with Crippen molar-refractivity contribution in [2.75, 3.05) is 25.0 Å². The molecule has 0 spiro atoms. The number of anilines is 1. The van der Waals surface area contributed by atoms with E-state index in [9.17, 15) is 14.4 Å². The van der Waals surface area contributed by atoms with Crippen molar-refractivity contribution in [2.24, 2.45) is 5.92 Å². The lowest BCUT2D eigenvalue weighted by molar-refractivity contribution is -0.141. The smallest absolute Gasteiger partial charge is 0.341 e. The van der Waals surface area contributed by atoms with Gasteiger partial charge in [-0.3, -0.25) is 10.1 Å². The third kappa shape index (κ3) is 3.38. The van der Waals surface area contributed by atoms with E-state index in [1.165, 1.54) is 16.2 Å². The summed E-state index contributed by atoms with van der Waals surface area (Å²) in [6.45, 7) is 4.32. The van der Waals surface area contributed by atoms with E-state index in [-0.39, 0.29) is 13.2 Å². The predicted molar refractivity (Wildman–Crippen MR) is 81.3 cm³/mol. The molecule has 2 N–H and O–H groups in total. The molecule has 0 bridgehead atoms. The number of nitrogens with one attached hydrogen (secondary N) is 1. The van der Waals surface area contributed by atoms with Gasteiger partial charge in [0.25, 0.3) is 0 Å². The van der Waals surface area contributed by atoms with E-state index in [1.54, 1.807) is 19.2 Å². The van der Waals surface area contributed by atoms with Crippen LogP contribution < -0.4 is 5.32 Å². The molecule has 1 atom stereocenters. The van der Waals surface area contributed by atoms with Crippen LogP contribution in [0.15, 0.2) is 5.38 Å². The second-order valence-electron chi connectivity index (χ2n) is 5.04. The highest BCUT2D eigenvalue weighted by atomic mass is 32.1. The standard InChI is InChI=1S/C14H18N2O5S/c1-3-21-13(19)10-8(2)7-22-11(10)15-14(20)16-5-4-9(6-16)12(17)18/h7,9H,3-6H2,1-2H3,(H,15,20)(H,17,18). The van der Waals surface area contributed by atoms with E-state index < -0.39 is 23.9 Å². The van der Waals surface area contributed by atoms with Crippen molar-refractivity contribution in [1.82, 2.24) is 4.90 Å². The fraction of sp³-hybridized carbons (Fsp3) is 0.500. The van der Waals surface area contributed by atoms with Crippen LogP contribution in [-0.4, -0.2) is 47.7 Å². The predicted octanol–water partition coefficient (Wildman–Crippen LogP) is 2.17. The molecule has 2 amide bonds. The van der Waals surface area contributed by atoms with Crippen LogP contribution in [0.3, 0.4) is 0 Å². The van der Waals surface area contributed by atoms with Gasteiger partial charge in [0.2, 0.25) is 0 Å². The average molecular weight is 326 g/mol. The van der Waals surface area contributed by atoms with E-state index in [0.29, 0.717) is 23.5 Å². The third-order valence-corrected chi connectivity index (χ3v) is 4.51. The van der Waals surface area contributed by atoms with E-state index >= 15 is 0 Å². The molecule has 22 heavy (non-hydrogen) atoms. The molecule has 8 heteroatoms. The SMILES string of the molecule is CCOC(=O)c1c(C)csc1NC(=O)N1CCC(C(=O)O)C1. The van der Waals surface area contributed by atoms with E-state index in [1.807, 2.05) is 0 Å². The highest BCUT2D eigenvalue weighted by molar-refractivity contribution is 7.15. The minimum absolute atomic E-state index is 0.181. The summed E-state index contributed by atoms with van der Waals surface area (Å²) in [5, 5.41) is 13.8. The number of esters is 1. The number of urea groups is 1. The Balaban J connectivity index is 2.07. The number of hydrogen-bond acceptors (Lipinski definition) is 5. The van der Waals surface area contributed by atoms with Gasteiger partial charge in [-0.05, 0) is 31.2 Å². The zero-order chi connectivity index (χ0) is 16.3. The summed E-state index contributed by atoms with van der Waals surface area (Å²) in [6.07, 6.45) is 0.441. The van der Waals surface area contributed by atoms with Gasteiger partial charge in [-0.2, -0.15) is 0 Å². The molecule has 0 radical (unpaired) electrons. The van der Waals surface area contributed by atoms with Crippen LogP contribution >= 0.6 is 11.3 Å². The van der Waals surface area contributed by atoms with Crippen LogP contribution in [0.2, 0.25) is 0 Å². The number of nitrogens with zero attached hydrogens (tertiary/aromatic N) is 1. The Kier molecular flexibility index (Phi) is 5.02. The molecular formula is C14H18N2O5S. The lowest BCUT2D eigenvalue weighted by Crippen LogP contribution is -2.34. The number of carbonyl (C=O) groups is 3. The number of likely N-dealkylation sites (tertiary alicyclic amines) is 1. The quantitative estimate of drug-likeness (QED) is 0.827. The number of thiophene rings is 1. The monoisotopic (exact) mass is 326 g/mol. The van der Waals surface area contributed by atoms with Gasteiger partial charge in [0, 0.05) is 13.1 Å². The second-order valence-corrected chi connectivity index (χ2v) is 5.92. The van der Waals surface area contributed by atoms with Crippen LogP contribution in [0.5, 0.6) is 0 Å². The second kappa shape index (κ2) is 6.78. The largest absolute Gasteiger partial charge is 0.481 e. The maximum absolute atomic E-state index is 12.2. The molecule has 120 valence electrons. The first-order chi connectivity index (χ1) is 10.4. The molecule has 1 saturated heterocycles. The minimum atomic E-state index is -0.894. The van der Waals surface area contributed by atoms with Crippen molar-refractivity contribution in [3.8, 4) is 0 Å². The number of aryl methyl sites for hydroxylation is 1. The molecule has 1 aromatic heterocycles. The van der Waals surface area contributed by atoms with Crippen molar-refractivity contribution in [2.45, 2.75) is 20.3 Å². The Hall–Kier alpha value is -2.09. The molecule has 0 saturated carbocycles. The molecule has 2 rings (SSSR count). The number of aliphatic carboxylic acids is 1. The van der Waals surface area contributed by atoms with Gasteiger partial charge in [0.1, 0.15) is 5.00 Å². The molecule has 7 nitrogen and oxygen atoms in total. The topological polar surface area (TPSA) is 95.9 Å². The fourth-order valence-corrected chi connectivity index (χ4v) is 3.24. The van der Waals surface area contributed by atoms with Crippen LogP contribution in [0.1, 0.15) is 29.3 Å². The number of hydrogen-bond donors (Lipinski definition) is 2. The van der Waals surface area contributed by atoms with Gasteiger partial charge in [-0.25, -0.2) is 9.59 Å². The zero-order valence-corrected chi connectivity index (χ0v) is 13.2. The van der Waals surface area contributed by atoms with Crippen LogP contribution in [0.25, 0.3) is 0 Å². The molecular weight excluding hydrogens is 308 g/mol. The summed E-state index contributed by atoms with van der Waals surface area (Å²) in [5.41, 5.74) is 1.10. The molecule has 1 fully saturated rings. The highest BCUT2D eigenvalue weighted by Gasteiger charge is 2.31. The summed E-state index contributed by atoms with van der Waals surface area (Å²) in [4.78, 5) is 36.5. The average Bonchev–Trinajstić information content (AvgIpc) is 3.06. The van der Waals surface area contributed by atoms with Crippen molar-refractivity contribution < 1.29 is 24.2 Å². The summed E-state index contributed by atoms with van der Waals surface area (Å²) >= 11 is 1.25. The van der Waals surface area contributed by atoms with Crippen molar-refractivity contribution in [3.05, 3.63) is 16.5 Å². The van der Waals surface area contributed by atoms with Gasteiger partial charge in [0.15, 0.2) is 0 Å². The molecule has 1 aliphatic rings. The van der Waals surface area contributed by atoms with Gasteiger partial charge >= 0.3 is 18.0 Å². The first kappa shape index (κ1) is 16.3. The number of carboxylic acid groups (broad SMARTS) is 1. The summed E-state index contributed by atoms with van der Waals surface area (Å²) < 4.78 is 4.99. The first-order valence-electron chi connectivity index (χ1n) is 6.98. The number of carboxylic acids is 1. The summed E-state index contributed by atoms with van der Waals surface area (Å²) in [6, 6.07) is -0.392. The molecule has 0 aliphatic carbocycles. The number of amides is 2. The van der Waals surface area contributed by atoms with Gasteiger partial charge in [-0.15, -0.1) is 11.3 Å². The minimum Gasteiger partial charge on any atom is -0.481 e. The highest BCUT2D eigenvalue weighted by Crippen LogP contribution is 2.29. The Morgan fingerprint density at radius 1 is 1.50 bits per heavy atom. The Bertz CT molecular complexity index is 598. The van der Waals surface area contributed by atoms with E-state index in [2.05, 4.69) is 5.32 Å². The lowest BCUT2D eigenvalue weighted by Gasteiger charge is -2.16. The molecule has 1 unspecified atom stereocenters. The van der Waals surface area contributed by atoms with Gasteiger partial charge < -0.3 is 14.7 Å². The molecule has 1 aromatic rings. The van der Waals surface area contributed by atoms with E-state index in [4.69, 9.17) is 9.84 Å². The maximum Gasteiger partial charge on any atom is 0.341 e. The van der Waals surface area contributed by atoms with Crippen molar-refractivity contribution >= 4 is 34.3 Å². The first-order valence-corrected chi connectivity index (χ1v) is 7.86.